The summed E-state index contributed by atoms with van der Waals surface area (Å²) in [5.41, 5.74) is 0. The van der Waals surface area contributed by atoms with Crippen molar-refractivity contribution in [2.75, 3.05) is 0 Å². The van der Waals surface area contributed by atoms with Gasteiger partial charge in [-0.2, -0.15) is 0 Å². The molecule has 4 aliphatic rings. The number of halogens is 2. The lowest BCUT2D eigenvalue weighted by atomic mass is 9.64. The Labute approximate surface area is 126 Å². The van der Waals surface area contributed by atoms with Gasteiger partial charge in [0.25, 0.3) is 0 Å². The van der Waals surface area contributed by atoms with Crippen LogP contribution in [0.1, 0.15) is 26.7 Å². The normalized spacial score (nSPS) is 71.2. The quantitative estimate of drug-likeness (QED) is 0.297. The van der Waals surface area contributed by atoms with E-state index in [1.165, 1.54) is 0 Å². The molecule has 0 aromatic rings. The molecule has 0 aliphatic heterocycles. The highest BCUT2D eigenvalue weighted by Crippen LogP contribution is 2.71. The zero-order valence-corrected chi connectivity index (χ0v) is 14.3. The van der Waals surface area contributed by atoms with E-state index in [0.29, 0.717) is 0 Å². The molecule has 90 valence electrons. The monoisotopic (exact) mass is 442 g/mol. The highest BCUT2D eigenvalue weighted by Gasteiger charge is 2.67. The van der Waals surface area contributed by atoms with E-state index < -0.39 is 0 Å². The molecule has 0 spiro atoms. The van der Waals surface area contributed by atoms with E-state index in [9.17, 15) is 0 Å². The molecule has 4 saturated carbocycles. The second-order valence-electron chi connectivity index (χ2n) is 6.89. The maximum absolute atomic E-state index is 2.77. The van der Waals surface area contributed by atoms with Crippen LogP contribution in [-0.2, 0) is 0 Å². The van der Waals surface area contributed by atoms with Gasteiger partial charge in [-0.1, -0.05) is 59.0 Å². The molecule has 0 amide bonds. The van der Waals surface area contributed by atoms with E-state index >= 15 is 0 Å². The Balaban J connectivity index is 1.73. The fourth-order valence-electron chi connectivity index (χ4n) is 6.10. The van der Waals surface area contributed by atoms with Gasteiger partial charge in [0.15, 0.2) is 0 Å². The molecule has 4 bridgehead atoms. The molecule has 4 aliphatic carbocycles. The maximum atomic E-state index is 2.77. The average Bonchev–Trinajstić information content (AvgIpc) is 2.92. The fourth-order valence-corrected chi connectivity index (χ4v) is 8.71. The van der Waals surface area contributed by atoms with E-state index in [1.54, 1.807) is 12.8 Å². The molecule has 0 heterocycles. The van der Waals surface area contributed by atoms with E-state index in [2.05, 4.69) is 59.0 Å². The first-order valence-electron chi connectivity index (χ1n) is 6.89. The molecule has 0 radical (unpaired) electrons. The van der Waals surface area contributed by atoms with Gasteiger partial charge >= 0.3 is 0 Å². The fraction of sp³-hybridized carbons (Fsp3) is 1.00. The maximum Gasteiger partial charge on any atom is 0.0261 e. The molecule has 4 fully saturated rings. The van der Waals surface area contributed by atoms with Crippen LogP contribution in [0.25, 0.3) is 0 Å². The second-order valence-corrected chi connectivity index (χ2v) is 9.77. The Hall–Kier alpha value is 1.46. The highest BCUT2D eigenvalue weighted by atomic mass is 127. The van der Waals surface area contributed by atoms with Crippen LogP contribution in [0, 0.1) is 47.3 Å². The summed E-state index contributed by atoms with van der Waals surface area (Å²) in [5, 5.41) is 0. The standard InChI is InChI=1S/C14H20I2/c1-5-6(2)8-3-7(5)11-9-4-10(12(8)11)14(16)13(9)15/h5-14H,3-4H2,1-2H3. The Bertz CT molecular complexity index is 269. The van der Waals surface area contributed by atoms with E-state index in [-0.39, 0.29) is 0 Å². The molecule has 0 saturated heterocycles. The molecule has 16 heavy (non-hydrogen) atoms. The molecule has 0 N–H and O–H groups in total. The molecule has 0 nitrogen and oxygen atoms in total. The summed E-state index contributed by atoms with van der Waals surface area (Å²) in [7, 11) is 0. The Morgan fingerprint density at radius 3 is 1.50 bits per heavy atom. The van der Waals surface area contributed by atoms with Crippen LogP contribution in [-0.4, -0.2) is 7.85 Å². The van der Waals surface area contributed by atoms with Crippen molar-refractivity contribution in [3.05, 3.63) is 0 Å². The van der Waals surface area contributed by atoms with Gasteiger partial charge in [-0.15, -0.1) is 0 Å². The van der Waals surface area contributed by atoms with Crippen molar-refractivity contribution in [1.82, 2.24) is 0 Å². The zero-order chi connectivity index (χ0) is 11.2. The largest absolute Gasteiger partial charge is 0.0812 e. The molecular weight excluding hydrogens is 422 g/mol. The van der Waals surface area contributed by atoms with E-state index in [1.807, 2.05) is 0 Å². The van der Waals surface area contributed by atoms with Crippen molar-refractivity contribution >= 4 is 45.2 Å². The zero-order valence-electron chi connectivity index (χ0n) is 9.94. The molecule has 10 atom stereocenters. The average molecular weight is 442 g/mol. The minimum atomic E-state index is 0.992. The summed E-state index contributed by atoms with van der Waals surface area (Å²) >= 11 is 5.55. The topological polar surface area (TPSA) is 0 Å². The second kappa shape index (κ2) is 3.51. The third kappa shape index (κ3) is 1.13. The summed E-state index contributed by atoms with van der Waals surface area (Å²) in [6.07, 6.45) is 3.18. The minimum absolute atomic E-state index is 0.992. The number of rotatable bonds is 0. The molecule has 2 heteroatoms. The van der Waals surface area contributed by atoms with Crippen LogP contribution in [0.4, 0.5) is 0 Å². The molecule has 4 rings (SSSR count). The van der Waals surface area contributed by atoms with Gasteiger partial charge in [0.2, 0.25) is 0 Å². The van der Waals surface area contributed by atoms with E-state index in [4.69, 9.17) is 0 Å². The number of hydrogen-bond donors (Lipinski definition) is 0. The molecular formula is C14H20I2. The minimum Gasteiger partial charge on any atom is -0.0812 e. The predicted octanol–water partition coefficient (Wildman–Crippen LogP) is 4.40. The molecule has 0 aromatic carbocycles. The van der Waals surface area contributed by atoms with Crippen LogP contribution >= 0.6 is 45.2 Å². The number of fused-ring (bicyclic) bond motifs is 9. The van der Waals surface area contributed by atoms with Crippen molar-refractivity contribution in [3.63, 3.8) is 0 Å². The Morgan fingerprint density at radius 2 is 1.06 bits per heavy atom. The lowest BCUT2D eigenvalue weighted by Gasteiger charge is -2.44. The summed E-state index contributed by atoms with van der Waals surface area (Å²) in [6, 6.07) is 0. The van der Waals surface area contributed by atoms with Crippen LogP contribution < -0.4 is 0 Å². The lowest BCUT2D eigenvalue weighted by Crippen LogP contribution is -2.43. The first-order chi connectivity index (χ1) is 7.61. The van der Waals surface area contributed by atoms with Gasteiger partial charge in [0, 0.05) is 7.85 Å². The summed E-state index contributed by atoms with van der Waals surface area (Å²) < 4.78 is 1.98. The molecule has 10 unspecified atom stereocenters. The first-order valence-corrected chi connectivity index (χ1v) is 9.38. The number of alkyl halides is 2. The first kappa shape index (κ1) is 11.3. The van der Waals surface area contributed by atoms with E-state index in [0.717, 1.165) is 55.2 Å². The van der Waals surface area contributed by atoms with Gasteiger partial charge in [-0.3, -0.25) is 0 Å². The third-order valence-electron chi connectivity index (χ3n) is 6.81. The van der Waals surface area contributed by atoms with Gasteiger partial charge in [-0.05, 0) is 60.2 Å². The lowest BCUT2D eigenvalue weighted by molar-refractivity contribution is 0.0800. The number of hydrogen-bond acceptors (Lipinski definition) is 0. The summed E-state index contributed by atoms with van der Waals surface area (Å²) in [6.45, 7) is 5.09. The van der Waals surface area contributed by atoms with Crippen LogP contribution in [0.2, 0.25) is 0 Å². The van der Waals surface area contributed by atoms with Crippen molar-refractivity contribution in [2.45, 2.75) is 34.5 Å². The van der Waals surface area contributed by atoms with Crippen LogP contribution in [0.15, 0.2) is 0 Å². The molecule has 0 aromatic heterocycles. The van der Waals surface area contributed by atoms with Crippen molar-refractivity contribution in [2.24, 2.45) is 47.3 Å². The van der Waals surface area contributed by atoms with Gasteiger partial charge < -0.3 is 0 Å². The smallest absolute Gasteiger partial charge is 0.0261 e. The van der Waals surface area contributed by atoms with Gasteiger partial charge in [0.05, 0.1) is 0 Å². The van der Waals surface area contributed by atoms with Gasteiger partial charge in [0.1, 0.15) is 0 Å². The predicted molar refractivity (Wildman–Crippen MR) is 84.1 cm³/mol. The highest BCUT2D eigenvalue weighted by molar-refractivity contribution is 14.1. The third-order valence-corrected chi connectivity index (χ3v) is 11.6. The summed E-state index contributed by atoms with van der Waals surface area (Å²) in [5.74, 6) is 8.78. The van der Waals surface area contributed by atoms with Gasteiger partial charge in [-0.25, -0.2) is 0 Å². The Kier molecular flexibility index (Phi) is 2.48. The van der Waals surface area contributed by atoms with Crippen LogP contribution in [0.3, 0.4) is 0 Å². The van der Waals surface area contributed by atoms with Crippen LogP contribution in [0.5, 0.6) is 0 Å². The SMILES string of the molecule is CC1C(C)C2CC1C1C3CC(C(I)C3I)C21. The van der Waals surface area contributed by atoms with Crippen molar-refractivity contribution < 1.29 is 0 Å². The summed E-state index contributed by atoms with van der Waals surface area (Å²) in [4.78, 5) is 0. The Morgan fingerprint density at radius 1 is 0.688 bits per heavy atom. The van der Waals surface area contributed by atoms with Crippen molar-refractivity contribution in [1.29, 1.82) is 0 Å². The van der Waals surface area contributed by atoms with Crippen molar-refractivity contribution in [3.8, 4) is 0 Å².